The molecule has 0 bridgehead atoms. The Morgan fingerprint density at radius 3 is 2.76 bits per heavy atom. The van der Waals surface area contributed by atoms with E-state index in [-0.39, 0.29) is 23.5 Å². The summed E-state index contributed by atoms with van der Waals surface area (Å²) in [4.78, 5) is 11.9. The standard InChI is InChI=1S/C19H23F3N4O2S/c1-2-13-7-12(11-29(27,28)6-4-19(20,21)22)8-14(13)16-9-24-17-10-25-18-15(26(16)17)3-5-23-18/h3,5,9-10,12-14,23H,2,4,6-8,11H2,1H3/t12-,13+,14-/m1/s1. The molecule has 3 atom stereocenters. The molecule has 0 spiro atoms. The first-order valence-corrected chi connectivity index (χ1v) is 11.6. The number of imidazole rings is 1. The number of alkyl halides is 3. The molecule has 3 heterocycles. The topological polar surface area (TPSA) is 80.1 Å². The van der Waals surface area contributed by atoms with Crippen LogP contribution in [0.15, 0.2) is 24.7 Å². The summed E-state index contributed by atoms with van der Waals surface area (Å²) in [5, 5.41) is 0. The molecule has 158 valence electrons. The maximum atomic E-state index is 12.4. The summed E-state index contributed by atoms with van der Waals surface area (Å²) in [5.41, 5.74) is 3.39. The maximum absolute atomic E-state index is 12.4. The number of halogens is 3. The summed E-state index contributed by atoms with van der Waals surface area (Å²) in [7, 11) is -3.75. The fourth-order valence-electron chi connectivity index (χ4n) is 4.66. The highest BCUT2D eigenvalue weighted by Gasteiger charge is 2.39. The largest absolute Gasteiger partial charge is 0.390 e. The van der Waals surface area contributed by atoms with E-state index in [1.165, 1.54) is 0 Å². The molecule has 1 saturated carbocycles. The molecule has 3 aromatic rings. The van der Waals surface area contributed by atoms with Gasteiger partial charge in [-0.3, -0.25) is 4.40 Å². The number of nitrogens with one attached hydrogen (secondary N) is 1. The van der Waals surface area contributed by atoms with Crippen molar-refractivity contribution in [1.82, 2.24) is 19.4 Å². The van der Waals surface area contributed by atoms with Gasteiger partial charge in [-0.05, 0) is 30.7 Å². The van der Waals surface area contributed by atoms with Gasteiger partial charge < -0.3 is 4.98 Å². The Balaban J connectivity index is 1.58. The number of H-pyrrole nitrogens is 1. The van der Waals surface area contributed by atoms with Crippen LogP contribution in [0.4, 0.5) is 13.2 Å². The van der Waals surface area contributed by atoms with E-state index in [1.807, 2.05) is 22.9 Å². The summed E-state index contributed by atoms with van der Waals surface area (Å²) in [5.74, 6) is -0.788. The molecule has 1 fully saturated rings. The third-order valence-electron chi connectivity index (χ3n) is 5.95. The van der Waals surface area contributed by atoms with E-state index in [2.05, 4.69) is 21.9 Å². The van der Waals surface area contributed by atoms with Gasteiger partial charge >= 0.3 is 6.18 Å². The van der Waals surface area contributed by atoms with Crippen LogP contribution in [-0.2, 0) is 9.84 Å². The van der Waals surface area contributed by atoms with Gasteiger partial charge in [-0.2, -0.15) is 13.2 Å². The number of aromatic nitrogens is 4. The van der Waals surface area contributed by atoms with Crippen molar-refractivity contribution in [2.75, 3.05) is 11.5 Å². The van der Waals surface area contributed by atoms with Crippen LogP contribution in [0, 0.1) is 11.8 Å². The normalized spacial score (nSPS) is 23.4. The smallest absolute Gasteiger partial charge is 0.345 e. The third-order valence-corrected chi connectivity index (χ3v) is 7.76. The van der Waals surface area contributed by atoms with Crippen molar-refractivity contribution in [3.05, 3.63) is 30.4 Å². The van der Waals surface area contributed by atoms with E-state index in [0.29, 0.717) is 12.8 Å². The van der Waals surface area contributed by atoms with Crippen molar-refractivity contribution >= 4 is 26.6 Å². The van der Waals surface area contributed by atoms with Crippen LogP contribution in [0.1, 0.15) is 44.2 Å². The lowest BCUT2D eigenvalue weighted by Gasteiger charge is -2.17. The summed E-state index contributed by atoms with van der Waals surface area (Å²) in [6.45, 7) is 2.06. The fourth-order valence-corrected chi connectivity index (χ4v) is 6.36. The highest BCUT2D eigenvalue weighted by atomic mass is 32.2. The third kappa shape index (κ3) is 4.12. The summed E-state index contributed by atoms with van der Waals surface area (Å²) >= 11 is 0. The van der Waals surface area contributed by atoms with Gasteiger partial charge in [0.25, 0.3) is 0 Å². The Morgan fingerprint density at radius 2 is 2.03 bits per heavy atom. The number of hydrogen-bond donors (Lipinski definition) is 1. The van der Waals surface area contributed by atoms with Gasteiger partial charge in [0.15, 0.2) is 21.1 Å². The van der Waals surface area contributed by atoms with Gasteiger partial charge in [-0.15, -0.1) is 0 Å². The highest BCUT2D eigenvalue weighted by molar-refractivity contribution is 7.91. The molecule has 0 amide bonds. The summed E-state index contributed by atoms with van der Waals surface area (Å²) < 4.78 is 63.8. The van der Waals surface area contributed by atoms with Crippen molar-refractivity contribution in [3.63, 3.8) is 0 Å². The lowest BCUT2D eigenvalue weighted by Crippen LogP contribution is -2.22. The van der Waals surface area contributed by atoms with Crippen molar-refractivity contribution in [2.24, 2.45) is 11.8 Å². The number of fused-ring (bicyclic) bond motifs is 3. The Morgan fingerprint density at radius 1 is 1.24 bits per heavy atom. The first kappa shape index (κ1) is 20.2. The SMILES string of the molecule is CC[C@H]1C[C@@H](CS(=O)(=O)CCC(F)(F)F)C[C@H]1c1cnc2cnc3[nH]ccc3n12. The molecule has 1 aliphatic carbocycles. The van der Waals surface area contributed by atoms with E-state index in [1.54, 1.807) is 6.20 Å². The highest BCUT2D eigenvalue weighted by Crippen LogP contribution is 2.45. The van der Waals surface area contributed by atoms with E-state index >= 15 is 0 Å². The molecule has 0 unspecified atom stereocenters. The minimum atomic E-state index is -4.45. The molecule has 1 aliphatic rings. The van der Waals surface area contributed by atoms with Crippen LogP contribution in [-0.4, -0.2) is 45.5 Å². The number of aromatic amines is 1. The number of nitrogens with zero attached hydrogens (tertiary/aromatic N) is 3. The van der Waals surface area contributed by atoms with Gasteiger partial charge in [0.05, 0.1) is 29.6 Å². The molecule has 0 aromatic carbocycles. The maximum Gasteiger partial charge on any atom is 0.390 e. The zero-order valence-electron chi connectivity index (χ0n) is 16.0. The molecule has 1 N–H and O–H groups in total. The number of sulfone groups is 1. The zero-order valence-corrected chi connectivity index (χ0v) is 16.8. The van der Waals surface area contributed by atoms with Crippen molar-refractivity contribution in [1.29, 1.82) is 0 Å². The van der Waals surface area contributed by atoms with E-state index < -0.39 is 28.2 Å². The second-order valence-corrected chi connectivity index (χ2v) is 10.2. The molecule has 0 aliphatic heterocycles. The predicted octanol–water partition coefficient (Wildman–Crippen LogP) is 4.10. The van der Waals surface area contributed by atoms with Gasteiger partial charge in [0.2, 0.25) is 0 Å². The Hall–Kier alpha value is -2.10. The lowest BCUT2D eigenvalue weighted by atomic mass is 9.91. The van der Waals surface area contributed by atoms with Gasteiger partial charge in [0, 0.05) is 24.0 Å². The van der Waals surface area contributed by atoms with E-state index in [0.717, 1.165) is 28.9 Å². The summed E-state index contributed by atoms with van der Waals surface area (Å²) in [6, 6.07) is 1.93. The van der Waals surface area contributed by atoms with Crippen molar-refractivity contribution < 1.29 is 21.6 Å². The zero-order chi connectivity index (χ0) is 20.8. The molecule has 6 nitrogen and oxygen atoms in total. The average molecular weight is 428 g/mol. The number of hydrogen-bond acceptors (Lipinski definition) is 4. The Labute approximate surface area is 166 Å². The van der Waals surface area contributed by atoms with Gasteiger partial charge in [0.1, 0.15) is 0 Å². The second-order valence-electron chi connectivity index (χ2n) is 7.94. The van der Waals surface area contributed by atoms with Gasteiger partial charge in [-0.1, -0.05) is 13.3 Å². The van der Waals surface area contributed by atoms with Crippen LogP contribution >= 0.6 is 0 Å². The van der Waals surface area contributed by atoms with Crippen molar-refractivity contribution in [2.45, 2.75) is 44.7 Å². The van der Waals surface area contributed by atoms with Crippen LogP contribution < -0.4 is 0 Å². The Bertz CT molecular complexity index is 1120. The minimum Gasteiger partial charge on any atom is -0.345 e. The predicted molar refractivity (Wildman–Crippen MR) is 103 cm³/mol. The molecule has 4 rings (SSSR count). The molecule has 10 heteroatoms. The lowest BCUT2D eigenvalue weighted by molar-refractivity contribution is -0.129. The van der Waals surface area contributed by atoms with Crippen molar-refractivity contribution in [3.8, 4) is 0 Å². The molecule has 0 saturated heterocycles. The fraction of sp³-hybridized carbons (Fsp3) is 0.579. The second kappa shape index (κ2) is 7.30. The van der Waals surface area contributed by atoms with E-state index in [4.69, 9.17) is 0 Å². The van der Waals surface area contributed by atoms with Gasteiger partial charge in [-0.25, -0.2) is 18.4 Å². The molecule has 3 aromatic heterocycles. The minimum absolute atomic E-state index is 0.110. The quantitative estimate of drug-likeness (QED) is 0.641. The Kier molecular flexibility index (Phi) is 5.08. The number of rotatable bonds is 6. The molecule has 29 heavy (non-hydrogen) atoms. The monoisotopic (exact) mass is 428 g/mol. The molecule has 0 radical (unpaired) electrons. The van der Waals surface area contributed by atoms with Crippen LogP contribution in [0.3, 0.4) is 0 Å². The molecular formula is C19H23F3N4O2S. The first-order valence-electron chi connectivity index (χ1n) is 9.73. The van der Waals surface area contributed by atoms with Crippen LogP contribution in [0.2, 0.25) is 0 Å². The summed E-state index contributed by atoms with van der Waals surface area (Å²) in [6.07, 6.45) is 1.78. The van der Waals surface area contributed by atoms with Crippen LogP contribution in [0.5, 0.6) is 0 Å². The van der Waals surface area contributed by atoms with Crippen LogP contribution in [0.25, 0.3) is 16.8 Å². The molecular weight excluding hydrogens is 405 g/mol. The first-order chi connectivity index (χ1) is 13.7. The van der Waals surface area contributed by atoms with E-state index in [9.17, 15) is 21.6 Å². The average Bonchev–Trinajstić information content (AvgIpc) is 3.35.